The van der Waals surface area contributed by atoms with Crippen molar-refractivity contribution >= 4 is 28.7 Å². The Labute approximate surface area is 142 Å². The number of amidine groups is 1. The van der Waals surface area contributed by atoms with Crippen LogP contribution in [0, 0.1) is 0 Å². The number of piperidine rings is 1. The van der Waals surface area contributed by atoms with Crippen LogP contribution in [0.3, 0.4) is 0 Å². The third-order valence-corrected chi connectivity index (χ3v) is 5.80. The van der Waals surface area contributed by atoms with Gasteiger partial charge >= 0.3 is 0 Å². The maximum Gasteiger partial charge on any atom is 0.120 e. The second-order valence-electron chi connectivity index (χ2n) is 6.65. The number of hydrogen-bond donors (Lipinski definition) is 0. The molecule has 2 aliphatic rings. The Morgan fingerprint density at radius 1 is 1.26 bits per heavy atom. The molecule has 1 atom stereocenters. The lowest BCUT2D eigenvalue weighted by Gasteiger charge is -2.37. The van der Waals surface area contributed by atoms with Crippen LogP contribution >= 0.6 is 11.9 Å². The molecular weight excluding hydrogens is 302 g/mol. The Bertz CT molecular complexity index is 718. The summed E-state index contributed by atoms with van der Waals surface area (Å²) in [6.07, 6.45) is 7.25. The third kappa shape index (κ3) is 2.89. The summed E-state index contributed by atoms with van der Waals surface area (Å²) < 4.78 is 7.18. The normalized spacial score (nSPS) is 21.3. The first-order chi connectivity index (χ1) is 11.4. The first-order valence-electron chi connectivity index (χ1n) is 8.90. The summed E-state index contributed by atoms with van der Waals surface area (Å²) in [5.74, 6) is 2.94. The van der Waals surface area contributed by atoms with E-state index >= 15 is 0 Å². The van der Waals surface area contributed by atoms with Crippen LogP contribution in [-0.4, -0.2) is 34.1 Å². The predicted molar refractivity (Wildman–Crippen MR) is 100 cm³/mol. The van der Waals surface area contributed by atoms with Gasteiger partial charge in [-0.15, -0.1) is 0 Å². The molecule has 0 amide bonds. The van der Waals surface area contributed by atoms with E-state index < -0.39 is 0 Å². The van der Waals surface area contributed by atoms with Crippen molar-refractivity contribution in [3.8, 4) is 0 Å². The highest BCUT2D eigenvalue weighted by molar-refractivity contribution is 7.98. The third-order valence-electron chi connectivity index (χ3n) is 5.12. The van der Waals surface area contributed by atoms with E-state index in [9.17, 15) is 0 Å². The minimum absolute atomic E-state index is 0.486. The first kappa shape index (κ1) is 15.1. The van der Waals surface area contributed by atoms with Crippen LogP contribution in [0.1, 0.15) is 44.1 Å². The highest BCUT2D eigenvalue weighted by atomic mass is 32.2. The van der Waals surface area contributed by atoms with E-state index in [-0.39, 0.29) is 0 Å². The van der Waals surface area contributed by atoms with E-state index in [1.807, 2.05) is 0 Å². The van der Waals surface area contributed by atoms with Crippen LogP contribution in [0.25, 0.3) is 10.9 Å². The minimum atomic E-state index is 0.486. The molecule has 122 valence electrons. The molecule has 0 spiro atoms. The second kappa shape index (κ2) is 6.60. The molecule has 0 saturated carbocycles. The molecule has 1 saturated heterocycles. The van der Waals surface area contributed by atoms with Gasteiger partial charge < -0.3 is 9.47 Å². The van der Waals surface area contributed by atoms with Crippen LogP contribution < -0.4 is 0 Å². The van der Waals surface area contributed by atoms with Crippen molar-refractivity contribution in [2.45, 2.75) is 45.1 Å². The maximum absolute atomic E-state index is 4.79. The lowest BCUT2D eigenvalue weighted by Crippen LogP contribution is -2.42. The predicted octanol–water partition coefficient (Wildman–Crippen LogP) is 4.68. The molecule has 1 fully saturated rings. The highest BCUT2D eigenvalue weighted by Crippen LogP contribution is 2.34. The zero-order valence-electron chi connectivity index (χ0n) is 13.9. The van der Waals surface area contributed by atoms with Gasteiger partial charge in [-0.2, -0.15) is 0 Å². The quantitative estimate of drug-likeness (QED) is 0.760. The summed E-state index contributed by atoms with van der Waals surface area (Å²) in [6, 6.07) is 9.32. The number of aryl methyl sites for hydroxylation is 1. The van der Waals surface area contributed by atoms with E-state index in [1.165, 1.54) is 54.5 Å². The van der Waals surface area contributed by atoms with Gasteiger partial charge in [-0.05, 0) is 60.4 Å². The largest absolute Gasteiger partial charge is 0.358 e. The maximum atomic E-state index is 4.79. The van der Waals surface area contributed by atoms with Gasteiger partial charge in [-0.3, -0.25) is 0 Å². The molecule has 0 bridgehead atoms. The summed E-state index contributed by atoms with van der Waals surface area (Å²) in [6.45, 7) is 5.72. The van der Waals surface area contributed by atoms with E-state index in [0.717, 1.165) is 18.8 Å². The van der Waals surface area contributed by atoms with Crippen LogP contribution in [-0.2, 0) is 6.54 Å². The number of unbranched alkanes of at least 4 members (excludes halogenated alkanes) is 1. The van der Waals surface area contributed by atoms with Crippen LogP contribution in [0.15, 0.2) is 34.9 Å². The Hall–Kier alpha value is -1.42. The molecule has 3 nitrogen and oxygen atoms in total. The van der Waals surface area contributed by atoms with Gasteiger partial charge in [0, 0.05) is 43.0 Å². The highest BCUT2D eigenvalue weighted by Gasteiger charge is 2.29. The Morgan fingerprint density at radius 3 is 3.13 bits per heavy atom. The molecule has 4 rings (SSSR count). The fourth-order valence-corrected chi connectivity index (χ4v) is 4.60. The molecule has 23 heavy (non-hydrogen) atoms. The van der Waals surface area contributed by atoms with Crippen molar-refractivity contribution in [3.63, 3.8) is 0 Å². The van der Waals surface area contributed by atoms with Crippen molar-refractivity contribution in [1.82, 2.24) is 9.47 Å². The molecular formula is C19H25N3S. The number of hydrogen-bond acceptors (Lipinski definition) is 3. The Balaban J connectivity index is 1.65. The van der Waals surface area contributed by atoms with E-state index in [0.29, 0.717) is 5.92 Å². The Morgan fingerprint density at radius 2 is 2.22 bits per heavy atom. The van der Waals surface area contributed by atoms with Gasteiger partial charge in [0.05, 0.1) is 0 Å². The zero-order valence-corrected chi connectivity index (χ0v) is 14.7. The first-order valence-corrected chi connectivity index (χ1v) is 9.84. The summed E-state index contributed by atoms with van der Waals surface area (Å²) in [5, 5.41) is 1.37. The van der Waals surface area contributed by atoms with Crippen LogP contribution in [0.2, 0.25) is 0 Å². The number of benzene rings is 1. The standard InChI is InChI=1S/C19H25N3S/c1-2-3-9-21-11-8-16-14-15(6-7-18(16)21)17-5-4-10-22-12-13-23-20-19(17)22/h6-8,11,14,17H,2-5,9-10,12-13H2,1H3. The number of nitrogens with zero attached hydrogens (tertiary/aromatic N) is 3. The molecule has 1 aromatic carbocycles. The van der Waals surface area contributed by atoms with Crippen LogP contribution in [0.4, 0.5) is 0 Å². The van der Waals surface area contributed by atoms with Crippen molar-refractivity contribution in [2.24, 2.45) is 4.40 Å². The molecule has 4 heteroatoms. The summed E-state index contributed by atoms with van der Waals surface area (Å²) in [5.41, 5.74) is 2.81. The van der Waals surface area contributed by atoms with Crippen molar-refractivity contribution in [2.75, 3.05) is 18.8 Å². The summed E-state index contributed by atoms with van der Waals surface area (Å²) >= 11 is 1.74. The average molecular weight is 327 g/mol. The van der Waals surface area contributed by atoms with Gasteiger partial charge in [-0.25, -0.2) is 4.40 Å². The van der Waals surface area contributed by atoms with E-state index in [2.05, 4.69) is 46.9 Å². The fraction of sp³-hybridized carbons (Fsp3) is 0.526. The van der Waals surface area contributed by atoms with Crippen molar-refractivity contribution in [1.29, 1.82) is 0 Å². The second-order valence-corrected chi connectivity index (χ2v) is 7.49. The van der Waals surface area contributed by atoms with Gasteiger partial charge in [0.25, 0.3) is 0 Å². The van der Waals surface area contributed by atoms with Crippen molar-refractivity contribution in [3.05, 3.63) is 36.0 Å². The lowest BCUT2D eigenvalue weighted by atomic mass is 9.88. The number of aromatic nitrogens is 1. The summed E-state index contributed by atoms with van der Waals surface area (Å²) in [7, 11) is 0. The SMILES string of the molecule is CCCCn1ccc2cc(C3CCCN4CCSN=C34)ccc21. The monoisotopic (exact) mass is 327 g/mol. The summed E-state index contributed by atoms with van der Waals surface area (Å²) in [4.78, 5) is 2.50. The molecule has 1 aromatic heterocycles. The topological polar surface area (TPSA) is 20.5 Å². The molecule has 2 aliphatic heterocycles. The van der Waals surface area contributed by atoms with Gasteiger partial charge in [0.1, 0.15) is 5.84 Å². The lowest BCUT2D eigenvalue weighted by molar-refractivity contribution is 0.371. The van der Waals surface area contributed by atoms with Crippen molar-refractivity contribution < 1.29 is 0 Å². The van der Waals surface area contributed by atoms with Gasteiger partial charge in [-0.1, -0.05) is 19.4 Å². The molecule has 3 heterocycles. The molecule has 0 aliphatic carbocycles. The minimum Gasteiger partial charge on any atom is -0.358 e. The molecule has 0 N–H and O–H groups in total. The van der Waals surface area contributed by atoms with E-state index in [4.69, 9.17) is 4.40 Å². The number of fused-ring (bicyclic) bond motifs is 2. The number of rotatable bonds is 4. The molecule has 2 aromatic rings. The Kier molecular flexibility index (Phi) is 4.34. The molecule has 1 unspecified atom stereocenters. The zero-order chi connectivity index (χ0) is 15.6. The fourth-order valence-electron chi connectivity index (χ4n) is 3.84. The molecule has 0 radical (unpaired) electrons. The van der Waals surface area contributed by atoms with Crippen LogP contribution in [0.5, 0.6) is 0 Å². The smallest absolute Gasteiger partial charge is 0.120 e. The average Bonchev–Trinajstić information content (AvgIpc) is 3.01. The van der Waals surface area contributed by atoms with E-state index in [1.54, 1.807) is 11.9 Å². The van der Waals surface area contributed by atoms with Gasteiger partial charge in [0.2, 0.25) is 0 Å². The van der Waals surface area contributed by atoms with Gasteiger partial charge in [0.15, 0.2) is 0 Å².